The lowest BCUT2D eigenvalue weighted by molar-refractivity contribution is 0.0554. The van der Waals surface area contributed by atoms with Crippen molar-refractivity contribution in [2.75, 3.05) is 40.6 Å². The maximum Gasteiger partial charge on any atom is 0.358 e. The Bertz CT molecular complexity index is 1830. The first kappa shape index (κ1) is 36.5. The van der Waals surface area contributed by atoms with Crippen LogP contribution < -0.4 is 11.1 Å². The number of hydrogen-bond donors (Lipinski definition) is 0. The van der Waals surface area contributed by atoms with Crippen LogP contribution in [0.15, 0.2) is 46.5 Å². The maximum atomic E-state index is 12.1. The van der Waals surface area contributed by atoms with Gasteiger partial charge in [-0.05, 0) is 63.5 Å². The Balaban J connectivity index is 0.000000194. The van der Waals surface area contributed by atoms with Crippen molar-refractivity contribution in [1.29, 1.82) is 0 Å². The molecule has 0 aliphatic carbocycles. The first-order chi connectivity index (χ1) is 24.0. The molecule has 6 rings (SSSR count). The number of aromatic nitrogens is 6. The molecule has 0 atom stereocenters. The highest BCUT2D eigenvalue weighted by Crippen LogP contribution is 2.26. The zero-order chi connectivity index (χ0) is 35.9. The summed E-state index contributed by atoms with van der Waals surface area (Å²) in [6.07, 6.45) is 10.6. The van der Waals surface area contributed by atoms with E-state index in [0.717, 1.165) is 69.8 Å². The molecule has 0 aromatic carbocycles. The van der Waals surface area contributed by atoms with Gasteiger partial charge in [0.2, 0.25) is 0 Å². The van der Waals surface area contributed by atoms with E-state index in [2.05, 4.69) is 9.97 Å². The number of carbonyl (C=O) groups is 2. The number of nitrogens with zero attached hydrogens (tertiary/aromatic N) is 6. The molecule has 0 N–H and O–H groups in total. The highest BCUT2D eigenvalue weighted by atomic mass is 16.5. The molecule has 0 bridgehead atoms. The van der Waals surface area contributed by atoms with Crippen molar-refractivity contribution in [3.63, 3.8) is 0 Å². The average Bonchev–Trinajstić information content (AvgIpc) is 3.74. The first-order valence-corrected chi connectivity index (χ1v) is 16.8. The third-order valence-electron chi connectivity index (χ3n) is 9.24. The van der Waals surface area contributed by atoms with E-state index in [9.17, 15) is 19.2 Å². The molecule has 268 valence electrons. The number of imidazole rings is 2. The Hall–Kier alpha value is -4.82. The fourth-order valence-corrected chi connectivity index (χ4v) is 6.44. The number of carbonyl (C=O) groups excluding carboxylic acids is 2. The van der Waals surface area contributed by atoms with Crippen LogP contribution in [0.3, 0.4) is 0 Å². The predicted molar refractivity (Wildman–Crippen MR) is 185 cm³/mol. The van der Waals surface area contributed by atoms with Gasteiger partial charge in [-0.1, -0.05) is 0 Å². The Kier molecular flexibility index (Phi) is 11.9. The minimum absolute atomic E-state index is 0.0422. The third kappa shape index (κ3) is 8.30. The summed E-state index contributed by atoms with van der Waals surface area (Å²) >= 11 is 0. The normalized spacial score (nSPS) is 15.3. The Morgan fingerprint density at radius 1 is 0.760 bits per heavy atom. The Morgan fingerprint density at radius 3 is 1.76 bits per heavy atom. The van der Waals surface area contributed by atoms with E-state index in [-0.39, 0.29) is 16.8 Å². The molecule has 4 aromatic rings. The zero-order valence-electron chi connectivity index (χ0n) is 29.6. The fraction of sp³-hybridized carbons (Fsp3) is 0.500. The zero-order valence-corrected chi connectivity index (χ0v) is 29.6. The van der Waals surface area contributed by atoms with Gasteiger partial charge in [0.25, 0.3) is 11.1 Å². The van der Waals surface area contributed by atoms with Crippen LogP contribution in [0.25, 0.3) is 22.8 Å². The smallest absolute Gasteiger partial charge is 0.358 e. The van der Waals surface area contributed by atoms with Gasteiger partial charge >= 0.3 is 11.9 Å². The summed E-state index contributed by atoms with van der Waals surface area (Å²) in [5, 5.41) is 0. The van der Waals surface area contributed by atoms with E-state index in [1.165, 1.54) is 23.4 Å². The summed E-state index contributed by atoms with van der Waals surface area (Å²) in [7, 11) is 6.14. The van der Waals surface area contributed by atoms with Crippen molar-refractivity contribution in [3.8, 4) is 22.8 Å². The van der Waals surface area contributed by atoms with Crippen molar-refractivity contribution in [2.24, 2.45) is 25.9 Å². The molecule has 2 aliphatic heterocycles. The van der Waals surface area contributed by atoms with Crippen LogP contribution in [0.4, 0.5) is 0 Å². The molecule has 0 unspecified atom stereocenters. The van der Waals surface area contributed by atoms with Gasteiger partial charge in [-0.3, -0.25) is 9.59 Å². The highest BCUT2D eigenvalue weighted by molar-refractivity contribution is 5.88. The molecule has 4 aromatic heterocycles. The quantitative estimate of drug-likeness (QED) is 0.251. The number of ether oxygens (including phenoxy) is 4. The second kappa shape index (κ2) is 16.3. The molecular weight excluding hydrogens is 644 g/mol. The molecule has 2 fully saturated rings. The number of esters is 2. The summed E-state index contributed by atoms with van der Waals surface area (Å²) in [4.78, 5) is 56.9. The maximum absolute atomic E-state index is 12.1. The molecule has 0 spiro atoms. The molecule has 50 heavy (non-hydrogen) atoms. The summed E-state index contributed by atoms with van der Waals surface area (Å²) in [5.74, 6) is 1.36. The molecule has 14 nitrogen and oxygen atoms in total. The number of methoxy groups -OCH3 is 2. The van der Waals surface area contributed by atoms with Gasteiger partial charge in [-0.2, -0.15) is 0 Å². The van der Waals surface area contributed by atoms with E-state index < -0.39 is 11.9 Å². The monoisotopic (exact) mass is 690 g/mol. The summed E-state index contributed by atoms with van der Waals surface area (Å²) < 4.78 is 27.5. The lowest BCUT2D eigenvalue weighted by Crippen LogP contribution is -2.23. The van der Waals surface area contributed by atoms with Crippen LogP contribution in [-0.2, 0) is 46.1 Å². The van der Waals surface area contributed by atoms with Gasteiger partial charge in [-0.15, -0.1) is 0 Å². The van der Waals surface area contributed by atoms with Gasteiger partial charge in [0.05, 0.1) is 20.4 Å². The molecule has 6 heterocycles. The standard InChI is InChI=1S/2C18H23N3O4/c1-12-8-14(11-20(2)17(12)22)16-19-9-15(18(23)24-3)21(16)10-13-4-6-25-7-5-13;1-12-8-14(10-20(2)17(12)22)16-19-15(18(23)24-3)11-21(16)9-13-4-6-25-7-5-13/h8-9,11,13H,4-7,10H2,1-3H3;8,10-11,13H,4-7,9H2,1-3H3. The SMILES string of the molecule is COC(=O)c1cn(CC2CCOCC2)c(-c2cc(C)c(=O)n(C)c2)n1.COC(=O)c1cnc(-c2cc(C)c(=O)n(C)c2)n1CC1CCOCC1. The largest absolute Gasteiger partial charge is 0.464 e. The van der Waals surface area contributed by atoms with Crippen molar-refractivity contribution in [3.05, 3.63) is 80.1 Å². The third-order valence-corrected chi connectivity index (χ3v) is 9.24. The van der Waals surface area contributed by atoms with E-state index in [0.29, 0.717) is 46.9 Å². The lowest BCUT2D eigenvalue weighted by Gasteiger charge is -2.24. The number of rotatable bonds is 8. The Labute approximate surface area is 290 Å². The Morgan fingerprint density at radius 2 is 1.26 bits per heavy atom. The van der Waals surface area contributed by atoms with Crippen molar-refractivity contribution < 1.29 is 28.5 Å². The number of hydrogen-bond acceptors (Lipinski definition) is 10. The second-order valence-corrected chi connectivity index (χ2v) is 12.9. The van der Waals surface area contributed by atoms with Crippen LogP contribution >= 0.6 is 0 Å². The number of pyridine rings is 2. The molecule has 2 saturated heterocycles. The lowest BCUT2D eigenvalue weighted by atomic mass is 10.00. The van der Waals surface area contributed by atoms with Gasteiger partial charge in [0.1, 0.15) is 17.3 Å². The first-order valence-electron chi connectivity index (χ1n) is 16.8. The fourth-order valence-electron chi connectivity index (χ4n) is 6.44. The van der Waals surface area contributed by atoms with Gasteiger partial charge in [0, 0.05) is 94.5 Å². The molecule has 0 amide bonds. The molecule has 0 radical (unpaired) electrons. The minimum atomic E-state index is -0.464. The van der Waals surface area contributed by atoms with Crippen LogP contribution in [0.2, 0.25) is 0 Å². The summed E-state index contributed by atoms with van der Waals surface area (Å²) in [6, 6.07) is 3.62. The molecule has 14 heteroatoms. The van der Waals surface area contributed by atoms with E-state index in [4.69, 9.17) is 18.9 Å². The minimum Gasteiger partial charge on any atom is -0.464 e. The van der Waals surface area contributed by atoms with Gasteiger partial charge in [-0.25, -0.2) is 19.6 Å². The van der Waals surface area contributed by atoms with Crippen molar-refractivity contribution in [2.45, 2.75) is 52.6 Å². The predicted octanol–water partition coefficient (Wildman–Crippen LogP) is 3.54. The van der Waals surface area contributed by atoms with Crippen LogP contribution in [0, 0.1) is 25.7 Å². The van der Waals surface area contributed by atoms with Crippen molar-refractivity contribution >= 4 is 11.9 Å². The molecular formula is C36H46N6O8. The van der Waals surface area contributed by atoms with Crippen molar-refractivity contribution in [1.82, 2.24) is 28.2 Å². The van der Waals surface area contributed by atoms with Crippen LogP contribution in [-0.4, -0.2) is 80.8 Å². The summed E-state index contributed by atoms with van der Waals surface area (Å²) in [6.45, 7) is 7.98. The second-order valence-electron chi connectivity index (χ2n) is 12.9. The average molecular weight is 691 g/mol. The van der Waals surface area contributed by atoms with Crippen LogP contribution in [0.1, 0.15) is 57.8 Å². The highest BCUT2D eigenvalue weighted by Gasteiger charge is 2.24. The number of aryl methyl sites for hydroxylation is 4. The van der Waals surface area contributed by atoms with Gasteiger partial charge < -0.3 is 37.2 Å². The van der Waals surface area contributed by atoms with E-state index in [1.807, 2.05) is 21.3 Å². The van der Waals surface area contributed by atoms with Crippen LogP contribution in [0.5, 0.6) is 0 Å². The van der Waals surface area contributed by atoms with E-state index in [1.54, 1.807) is 52.7 Å². The topological polar surface area (TPSA) is 151 Å². The van der Waals surface area contributed by atoms with E-state index >= 15 is 0 Å². The molecule has 2 aliphatic rings. The van der Waals surface area contributed by atoms with Gasteiger partial charge in [0.15, 0.2) is 5.69 Å². The summed E-state index contributed by atoms with van der Waals surface area (Å²) in [5.41, 5.74) is 3.51. The molecule has 0 saturated carbocycles.